The van der Waals surface area contributed by atoms with Gasteiger partial charge in [-0.2, -0.15) is 0 Å². The van der Waals surface area contributed by atoms with Crippen LogP contribution in [0.3, 0.4) is 0 Å². The Labute approximate surface area is 194 Å². The maximum absolute atomic E-state index is 13.2. The van der Waals surface area contributed by atoms with Crippen molar-refractivity contribution in [3.05, 3.63) is 53.4 Å². The number of amides is 2. The van der Waals surface area contributed by atoms with E-state index in [-0.39, 0.29) is 23.3 Å². The van der Waals surface area contributed by atoms with Crippen LogP contribution < -0.4 is 10.0 Å². The topological polar surface area (TPSA) is 109 Å². The zero-order valence-electron chi connectivity index (χ0n) is 18.9. The highest BCUT2D eigenvalue weighted by atomic mass is 35.5. The van der Waals surface area contributed by atoms with Crippen LogP contribution in [0.2, 0.25) is 5.02 Å². The van der Waals surface area contributed by atoms with Crippen LogP contribution >= 0.6 is 11.6 Å². The van der Waals surface area contributed by atoms with Crippen molar-refractivity contribution < 1.29 is 22.4 Å². The molecule has 10 heteroatoms. The summed E-state index contributed by atoms with van der Waals surface area (Å²) in [6, 6.07) is 8.15. The van der Waals surface area contributed by atoms with Crippen LogP contribution in [0.15, 0.2) is 52.0 Å². The summed E-state index contributed by atoms with van der Waals surface area (Å²) in [5, 5.41) is 3.30. The molecule has 2 rings (SSSR count). The van der Waals surface area contributed by atoms with Crippen molar-refractivity contribution in [2.45, 2.75) is 57.6 Å². The fourth-order valence-corrected chi connectivity index (χ4v) is 4.22. The van der Waals surface area contributed by atoms with Gasteiger partial charge >= 0.3 is 0 Å². The third-order valence-electron chi connectivity index (χ3n) is 4.50. The number of carbonyl (C=O) groups is 2. The highest BCUT2D eigenvalue weighted by molar-refractivity contribution is 7.89. The van der Waals surface area contributed by atoms with Crippen LogP contribution in [0, 0.1) is 5.92 Å². The molecule has 176 valence electrons. The minimum atomic E-state index is -3.94. The number of furan rings is 1. The lowest BCUT2D eigenvalue weighted by Gasteiger charge is -2.35. The van der Waals surface area contributed by atoms with E-state index in [1.807, 2.05) is 34.6 Å². The molecule has 1 aromatic heterocycles. The van der Waals surface area contributed by atoms with Crippen molar-refractivity contribution in [1.82, 2.24) is 14.9 Å². The molecule has 0 unspecified atom stereocenters. The van der Waals surface area contributed by atoms with E-state index in [1.165, 1.54) is 35.4 Å². The quantitative estimate of drug-likeness (QED) is 0.569. The summed E-state index contributed by atoms with van der Waals surface area (Å²) < 4.78 is 32.9. The third-order valence-corrected chi connectivity index (χ3v) is 6.17. The molecule has 0 saturated carbocycles. The SMILES string of the molecule is CC(C)[C@H](C(=O)NC(C)(C)C)N(Cc1ccco1)C(=O)CNS(=O)(=O)c1ccc(Cl)cc1. The molecule has 1 atom stereocenters. The molecule has 0 bridgehead atoms. The predicted octanol–water partition coefficient (Wildman–Crippen LogP) is 3.18. The van der Waals surface area contributed by atoms with E-state index in [2.05, 4.69) is 10.0 Å². The first-order chi connectivity index (χ1) is 14.8. The van der Waals surface area contributed by atoms with Crippen molar-refractivity contribution in [1.29, 1.82) is 0 Å². The summed E-state index contributed by atoms with van der Waals surface area (Å²) in [6.45, 7) is 8.71. The molecule has 8 nitrogen and oxygen atoms in total. The largest absolute Gasteiger partial charge is 0.467 e. The molecule has 0 aliphatic carbocycles. The molecule has 0 saturated heterocycles. The van der Waals surface area contributed by atoms with Crippen LogP contribution in [0.5, 0.6) is 0 Å². The summed E-state index contributed by atoms with van der Waals surface area (Å²) in [7, 11) is -3.94. The number of benzene rings is 1. The lowest BCUT2D eigenvalue weighted by atomic mass is 9.99. The van der Waals surface area contributed by atoms with Crippen LogP contribution in [0.25, 0.3) is 0 Å². The molecule has 0 spiro atoms. The van der Waals surface area contributed by atoms with Crippen LogP contribution in [-0.4, -0.2) is 43.3 Å². The summed E-state index contributed by atoms with van der Waals surface area (Å²) in [5.74, 6) is -0.632. The van der Waals surface area contributed by atoms with Crippen molar-refractivity contribution >= 4 is 33.4 Å². The summed E-state index contributed by atoms with van der Waals surface area (Å²) in [6.07, 6.45) is 1.47. The number of nitrogens with zero attached hydrogens (tertiary/aromatic N) is 1. The molecule has 0 aliphatic rings. The van der Waals surface area contributed by atoms with E-state index < -0.39 is 34.1 Å². The highest BCUT2D eigenvalue weighted by Gasteiger charge is 2.35. The van der Waals surface area contributed by atoms with Crippen molar-refractivity contribution in [3.8, 4) is 0 Å². The van der Waals surface area contributed by atoms with Crippen molar-refractivity contribution in [2.75, 3.05) is 6.54 Å². The number of carbonyl (C=O) groups excluding carboxylic acids is 2. The second kappa shape index (κ2) is 10.5. The van der Waals surface area contributed by atoms with Gasteiger partial charge in [0.15, 0.2) is 0 Å². The number of hydrogen-bond acceptors (Lipinski definition) is 5. The van der Waals surface area contributed by atoms with E-state index in [0.29, 0.717) is 10.8 Å². The molecule has 0 fully saturated rings. The maximum atomic E-state index is 13.2. The molecule has 2 amide bonds. The van der Waals surface area contributed by atoms with Gasteiger partial charge in [-0.05, 0) is 63.1 Å². The zero-order valence-corrected chi connectivity index (χ0v) is 20.5. The minimum absolute atomic E-state index is 0.0156. The number of halogens is 1. The Morgan fingerprint density at radius 1 is 1.12 bits per heavy atom. The zero-order chi connectivity index (χ0) is 24.1. The first-order valence-electron chi connectivity index (χ1n) is 10.2. The molecule has 2 aromatic rings. The molecular formula is C22H30ClN3O5S. The second-order valence-corrected chi connectivity index (χ2v) is 11.0. The van der Waals surface area contributed by atoms with Gasteiger partial charge in [0.05, 0.1) is 24.2 Å². The lowest BCUT2D eigenvalue weighted by molar-refractivity contribution is -0.143. The van der Waals surface area contributed by atoms with E-state index in [9.17, 15) is 18.0 Å². The second-order valence-electron chi connectivity index (χ2n) is 8.81. The van der Waals surface area contributed by atoms with Crippen LogP contribution in [-0.2, 0) is 26.2 Å². The normalized spacial score (nSPS) is 13.1. The van der Waals surface area contributed by atoms with Gasteiger partial charge in [0.2, 0.25) is 21.8 Å². The third kappa shape index (κ3) is 7.36. The van der Waals surface area contributed by atoms with E-state index in [4.69, 9.17) is 16.0 Å². The predicted molar refractivity (Wildman–Crippen MR) is 122 cm³/mol. The number of rotatable bonds is 9. The van der Waals surface area contributed by atoms with Crippen molar-refractivity contribution in [3.63, 3.8) is 0 Å². The van der Waals surface area contributed by atoms with Gasteiger partial charge in [0.25, 0.3) is 0 Å². The summed E-state index contributed by atoms with van der Waals surface area (Å²) in [4.78, 5) is 27.5. The Kier molecular flexibility index (Phi) is 8.50. The first kappa shape index (κ1) is 25.9. The lowest BCUT2D eigenvalue weighted by Crippen LogP contribution is -2.57. The highest BCUT2D eigenvalue weighted by Crippen LogP contribution is 2.18. The molecule has 0 aliphatic heterocycles. The Bertz CT molecular complexity index is 1010. The van der Waals surface area contributed by atoms with Gasteiger partial charge in [0, 0.05) is 10.6 Å². The number of sulfonamides is 1. The molecule has 1 heterocycles. The molecule has 1 aromatic carbocycles. The van der Waals surface area contributed by atoms with Crippen LogP contribution in [0.4, 0.5) is 0 Å². The standard InChI is InChI=1S/C22H30ClN3O5S/c1-15(2)20(21(28)25-22(3,4)5)26(14-17-7-6-12-31-17)19(27)13-24-32(29,30)18-10-8-16(23)9-11-18/h6-12,15,20,24H,13-14H2,1-5H3,(H,25,28)/t20-/m1/s1. The van der Waals surface area contributed by atoms with Gasteiger partial charge in [-0.25, -0.2) is 13.1 Å². The van der Waals surface area contributed by atoms with Crippen molar-refractivity contribution in [2.24, 2.45) is 5.92 Å². The van der Waals surface area contributed by atoms with Gasteiger partial charge in [-0.1, -0.05) is 25.4 Å². The molecule has 0 radical (unpaired) electrons. The summed E-state index contributed by atoms with van der Waals surface area (Å²) in [5.41, 5.74) is -0.500. The van der Waals surface area contributed by atoms with Crippen LogP contribution in [0.1, 0.15) is 40.4 Å². The van der Waals surface area contributed by atoms with E-state index in [1.54, 1.807) is 12.1 Å². The van der Waals surface area contributed by atoms with E-state index in [0.717, 1.165) is 0 Å². The Balaban J connectivity index is 2.27. The van der Waals surface area contributed by atoms with Gasteiger partial charge < -0.3 is 14.6 Å². The number of hydrogen-bond donors (Lipinski definition) is 2. The molecule has 2 N–H and O–H groups in total. The summed E-state index contributed by atoms with van der Waals surface area (Å²) >= 11 is 5.82. The monoisotopic (exact) mass is 483 g/mol. The molecular weight excluding hydrogens is 454 g/mol. The minimum Gasteiger partial charge on any atom is -0.467 e. The fraction of sp³-hybridized carbons (Fsp3) is 0.455. The first-order valence-corrected chi connectivity index (χ1v) is 12.1. The maximum Gasteiger partial charge on any atom is 0.243 e. The van der Waals surface area contributed by atoms with Gasteiger partial charge in [-0.3, -0.25) is 9.59 Å². The Morgan fingerprint density at radius 2 is 1.75 bits per heavy atom. The van der Waals surface area contributed by atoms with E-state index >= 15 is 0 Å². The Morgan fingerprint density at radius 3 is 2.25 bits per heavy atom. The smallest absolute Gasteiger partial charge is 0.243 e. The van der Waals surface area contributed by atoms with Gasteiger partial charge in [-0.15, -0.1) is 0 Å². The average Bonchev–Trinajstić information content (AvgIpc) is 3.17. The van der Waals surface area contributed by atoms with Gasteiger partial charge in [0.1, 0.15) is 11.8 Å². The molecule has 32 heavy (non-hydrogen) atoms. The fourth-order valence-electron chi connectivity index (χ4n) is 3.12. The average molecular weight is 484 g/mol. The number of nitrogens with one attached hydrogen (secondary N) is 2. The Hall–Kier alpha value is -2.36.